The van der Waals surface area contributed by atoms with Crippen molar-refractivity contribution in [1.29, 1.82) is 0 Å². The van der Waals surface area contributed by atoms with Gasteiger partial charge in [0.1, 0.15) is 45.1 Å². The van der Waals surface area contributed by atoms with E-state index in [-0.39, 0.29) is 22.8 Å². The quantitative estimate of drug-likeness (QED) is 0.0651. The van der Waals surface area contributed by atoms with Gasteiger partial charge >= 0.3 is 0 Å². The van der Waals surface area contributed by atoms with Crippen LogP contribution >= 0.6 is 0 Å². The zero-order chi connectivity index (χ0) is 38.7. The Morgan fingerprint density at radius 3 is 1.65 bits per heavy atom. The minimum absolute atomic E-state index is 0.0366. The Morgan fingerprint density at radius 2 is 1.09 bits per heavy atom. The zero-order valence-corrected chi connectivity index (χ0v) is 31.2. The van der Waals surface area contributed by atoms with E-state index in [0.29, 0.717) is 17.2 Å². The summed E-state index contributed by atoms with van der Waals surface area (Å²) in [5.41, 5.74) is 8.85. The van der Waals surface area contributed by atoms with Crippen molar-refractivity contribution < 1.29 is 48.2 Å². The van der Waals surface area contributed by atoms with Crippen LogP contribution in [0.5, 0.6) is 34.5 Å². The Kier molecular flexibility index (Phi) is 10.8. The van der Waals surface area contributed by atoms with Crippen LogP contribution in [-0.4, -0.2) is 36.9 Å². The summed E-state index contributed by atoms with van der Waals surface area (Å²) in [5, 5.41) is 0. The van der Waals surface area contributed by atoms with Crippen LogP contribution in [0.3, 0.4) is 0 Å². The summed E-state index contributed by atoms with van der Waals surface area (Å²) in [6.07, 6.45) is 0. The standard InChI is InChI=1S/C39H33NO11S3/c1-26-6-12-31(13-7-26)49-32-14-8-27(9-15-32)28-10-16-33(17-11-28)50-37-20-18-35(22-29(37)25-52(41,42)43)53(44,45)36-19-21-38(39(24-36)54(46,47)48-2)51-34-5-3-4-30(40)23-34/h3-24H,25,40H2,1-2H3,(H,41,42,43). The van der Waals surface area contributed by atoms with Gasteiger partial charge in [-0.15, -0.1) is 0 Å². The summed E-state index contributed by atoms with van der Waals surface area (Å²) in [6.45, 7) is 2.00. The first-order valence-corrected chi connectivity index (χ1v) is 20.5. The fourth-order valence-electron chi connectivity index (χ4n) is 5.30. The lowest BCUT2D eigenvalue weighted by atomic mass is 10.1. The average Bonchev–Trinajstić information content (AvgIpc) is 3.13. The summed E-state index contributed by atoms with van der Waals surface area (Å²) in [6, 6.07) is 34.9. The number of sulfone groups is 1. The second-order valence-electron chi connectivity index (χ2n) is 12.0. The molecule has 0 fully saturated rings. The van der Waals surface area contributed by atoms with Crippen LogP contribution in [0.25, 0.3) is 11.1 Å². The predicted octanol–water partition coefficient (Wildman–Crippen LogP) is 8.18. The molecule has 6 rings (SSSR count). The minimum atomic E-state index is -4.66. The topological polar surface area (TPSA) is 186 Å². The Hall–Kier alpha value is -5.71. The van der Waals surface area contributed by atoms with Crippen LogP contribution in [0.1, 0.15) is 11.1 Å². The number of anilines is 1. The first-order chi connectivity index (χ1) is 25.6. The van der Waals surface area contributed by atoms with E-state index in [0.717, 1.165) is 53.8 Å². The van der Waals surface area contributed by atoms with Crippen molar-refractivity contribution in [3.8, 4) is 45.6 Å². The van der Waals surface area contributed by atoms with Gasteiger partial charge in [0.15, 0.2) is 0 Å². The lowest BCUT2D eigenvalue weighted by molar-refractivity contribution is 0.391. The predicted molar refractivity (Wildman–Crippen MR) is 202 cm³/mol. The molecule has 54 heavy (non-hydrogen) atoms. The third-order valence-electron chi connectivity index (χ3n) is 8.01. The van der Waals surface area contributed by atoms with Crippen molar-refractivity contribution in [3.05, 3.63) is 145 Å². The van der Waals surface area contributed by atoms with Crippen LogP contribution in [-0.2, 0) is 40.0 Å². The number of aryl methyl sites for hydroxylation is 1. The van der Waals surface area contributed by atoms with Crippen molar-refractivity contribution in [2.45, 2.75) is 27.4 Å². The maximum absolute atomic E-state index is 13.8. The van der Waals surface area contributed by atoms with Gasteiger partial charge in [0.05, 0.1) is 16.9 Å². The number of ether oxygens (including phenoxy) is 3. The molecule has 0 aromatic heterocycles. The molecule has 0 spiro atoms. The van der Waals surface area contributed by atoms with Crippen molar-refractivity contribution in [1.82, 2.24) is 0 Å². The van der Waals surface area contributed by atoms with Gasteiger partial charge in [-0.25, -0.2) is 8.42 Å². The van der Waals surface area contributed by atoms with E-state index in [1.807, 2.05) is 55.5 Å². The van der Waals surface area contributed by atoms with E-state index in [1.54, 1.807) is 36.4 Å². The van der Waals surface area contributed by atoms with Gasteiger partial charge in [-0.2, -0.15) is 16.8 Å². The molecular formula is C39H33NO11S3. The van der Waals surface area contributed by atoms with E-state index in [2.05, 4.69) is 4.18 Å². The average molecular weight is 788 g/mol. The third kappa shape index (κ3) is 9.07. The fraction of sp³-hybridized carbons (Fsp3) is 0.0769. The van der Waals surface area contributed by atoms with Crippen molar-refractivity contribution in [2.24, 2.45) is 0 Å². The molecular weight excluding hydrogens is 755 g/mol. The summed E-state index contributed by atoms with van der Waals surface area (Å²) in [7, 11) is -12.7. The van der Waals surface area contributed by atoms with Crippen molar-refractivity contribution >= 4 is 35.8 Å². The molecule has 3 N–H and O–H groups in total. The Bertz CT molecular complexity index is 2650. The molecule has 278 valence electrons. The molecule has 0 saturated heterocycles. The highest BCUT2D eigenvalue weighted by Gasteiger charge is 2.27. The van der Waals surface area contributed by atoms with Crippen molar-refractivity contribution in [3.63, 3.8) is 0 Å². The molecule has 6 aromatic rings. The first-order valence-electron chi connectivity index (χ1n) is 16.0. The zero-order valence-electron chi connectivity index (χ0n) is 28.7. The first kappa shape index (κ1) is 38.0. The van der Waals surface area contributed by atoms with E-state index in [4.69, 9.17) is 19.9 Å². The van der Waals surface area contributed by atoms with Gasteiger partial charge in [0.2, 0.25) is 9.84 Å². The summed E-state index contributed by atoms with van der Waals surface area (Å²) in [5.74, 6) is 0.636. The molecule has 6 aromatic carbocycles. The van der Waals surface area contributed by atoms with Gasteiger partial charge in [-0.1, -0.05) is 48.0 Å². The third-order valence-corrected chi connectivity index (χ3v) is 11.7. The molecule has 0 radical (unpaired) electrons. The molecule has 0 atom stereocenters. The molecule has 12 nitrogen and oxygen atoms in total. The Morgan fingerprint density at radius 1 is 0.574 bits per heavy atom. The smallest absolute Gasteiger partial charge is 0.300 e. The number of rotatable bonds is 13. The molecule has 0 aliphatic rings. The number of hydrogen-bond acceptors (Lipinski definition) is 11. The Balaban J connectivity index is 1.26. The van der Waals surface area contributed by atoms with Crippen molar-refractivity contribution in [2.75, 3.05) is 12.8 Å². The number of nitrogen functional groups attached to an aromatic ring is 1. The van der Waals surface area contributed by atoms with E-state index < -0.39 is 50.5 Å². The SMILES string of the molecule is COS(=O)(=O)c1cc(S(=O)(=O)c2ccc(Oc3ccc(-c4ccc(Oc5ccc(C)cc5)cc4)cc3)c(CS(=O)(=O)O)c2)ccc1Oc1cccc(N)c1. The van der Waals surface area contributed by atoms with Gasteiger partial charge in [-0.05, 0) is 103 Å². The van der Waals surface area contributed by atoms with Gasteiger partial charge < -0.3 is 19.9 Å². The highest BCUT2D eigenvalue weighted by Crippen LogP contribution is 2.36. The highest BCUT2D eigenvalue weighted by molar-refractivity contribution is 7.91. The van der Waals surface area contributed by atoms with Crippen LogP contribution in [0.15, 0.2) is 148 Å². The fourth-order valence-corrected chi connectivity index (χ4v) is 8.14. The van der Waals surface area contributed by atoms with Crippen LogP contribution < -0.4 is 19.9 Å². The molecule has 0 aliphatic carbocycles. The highest BCUT2D eigenvalue weighted by atomic mass is 32.2. The number of benzene rings is 6. The van der Waals surface area contributed by atoms with E-state index >= 15 is 0 Å². The Labute approximate surface area is 313 Å². The van der Waals surface area contributed by atoms with Gasteiger partial charge in [0, 0.05) is 17.3 Å². The van der Waals surface area contributed by atoms with E-state index in [9.17, 15) is 29.8 Å². The van der Waals surface area contributed by atoms with Gasteiger partial charge in [0.25, 0.3) is 20.2 Å². The summed E-state index contributed by atoms with van der Waals surface area (Å²) >= 11 is 0. The molecule has 0 saturated carbocycles. The lowest BCUT2D eigenvalue weighted by Crippen LogP contribution is -2.09. The minimum Gasteiger partial charge on any atom is -0.457 e. The molecule has 0 unspecified atom stereocenters. The summed E-state index contributed by atoms with van der Waals surface area (Å²) < 4.78 is 109. The lowest BCUT2D eigenvalue weighted by Gasteiger charge is -2.15. The molecule has 0 heterocycles. The molecule has 0 bridgehead atoms. The number of nitrogens with two attached hydrogens (primary N) is 1. The van der Waals surface area contributed by atoms with Crippen LogP contribution in [0, 0.1) is 6.92 Å². The molecule has 0 aliphatic heterocycles. The molecule has 15 heteroatoms. The maximum atomic E-state index is 13.8. The normalized spacial score (nSPS) is 11.9. The largest absolute Gasteiger partial charge is 0.457 e. The monoisotopic (exact) mass is 787 g/mol. The van der Waals surface area contributed by atoms with E-state index in [1.165, 1.54) is 24.3 Å². The second-order valence-corrected chi connectivity index (χ2v) is 17.1. The summed E-state index contributed by atoms with van der Waals surface area (Å²) in [4.78, 5) is -1.44. The van der Waals surface area contributed by atoms with Gasteiger partial charge in [-0.3, -0.25) is 8.74 Å². The van der Waals surface area contributed by atoms with Crippen LogP contribution in [0.4, 0.5) is 5.69 Å². The number of hydrogen-bond donors (Lipinski definition) is 2. The molecule has 0 amide bonds. The van der Waals surface area contributed by atoms with Crippen LogP contribution in [0.2, 0.25) is 0 Å². The second kappa shape index (κ2) is 15.3. The maximum Gasteiger partial charge on any atom is 0.300 e.